The van der Waals surface area contributed by atoms with E-state index in [1.54, 1.807) is 0 Å². The zero-order valence-corrected chi connectivity index (χ0v) is 13.0. The van der Waals surface area contributed by atoms with Crippen molar-refractivity contribution in [3.63, 3.8) is 0 Å². The van der Waals surface area contributed by atoms with Crippen molar-refractivity contribution >= 4 is 22.4 Å². The smallest absolute Gasteiger partial charge is 0.241 e. The molecule has 21 heavy (non-hydrogen) atoms. The van der Waals surface area contributed by atoms with E-state index in [2.05, 4.69) is 4.72 Å². The Kier molecular flexibility index (Phi) is 6.52. The van der Waals surface area contributed by atoms with Crippen molar-refractivity contribution in [3.05, 3.63) is 29.8 Å². The van der Waals surface area contributed by atoms with Crippen LogP contribution < -0.4 is 10.5 Å². The second kappa shape index (κ2) is 7.49. The van der Waals surface area contributed by atoms with Crippen molar-refractivity contribution in [2.45, 2.75) is 36.6 Å². The summed E-state index contributed by atoms with van der Waals surface area (Å²) in [5, 5.41) is 0. The molecule has 0 saturated heterocycles. The summed E-state index contributed by atoms with van der Waals surface area (Å²) in [6.07, 6.45) is 3.50. The zero-order valence-electron chi connectivity index (χ0n) is 11.4. The van der Waals surface area contributed by atoms with Crippen molar-refractivity contribution < 1.29 is 17.2 Å². The molecule has 120 valence electrons. The maximum atomic E-state index is 13.1. The van der Waals surface area contributed by atoms with Gasteiger partial charge in [-0.15, -0.1) is 12.4 Å². The van der Waals surface area contributed by atoms with Gasteiger partial charge in [-0.25, -0.2) is 21.9 Å². The highest BCUT2D eigenvalue weighted by molar-refractivity contribution is 7.89. The lowest BCUT2D eigenvalue weighted by Gasteiger charge is -2.31. The number of nitrogens with one attached hydrogen (secondary N) is 1. The average Bonchev–Trinajstić information content (AvgIpc) is 2.38. The molecule has 1 aliphatic rings. The second-order valence-electron chi connectivity index (χ2n) is 5.11. The predicted molar refractivity (Wildman–Crippen MR) is 78.7 cm³/mol. The minimum atomic E-state index is -3.93. The van der Waals surface area contributed by atoms with E-state index in [1.165, 1.54) is 0 Å². The van der Waals surface area contributed by atoms with E-state index >= 15 is 0 Å². The van der Waals surface area contributed by atoms with Gasteiger partial charge in [0.15, 0.2) is 0 Å². The van der Waals surface area contributed by atoms with Crippen LogP contribution in [0.15, 0.2) is 23.1 Å². The fourth-order valence-corrected chi connectivity index (χ4v) is 3.98. The van der Waals surface area contributed by atoms with Crippen LogP contribution in [0.3, 0.4) is 0 Å². The number of hydrogen-bond donors (Lipinski definition) is 2. The van der Waals surface area contributed by atoms with Crippen molar-refractivity contribution in [1.29, 1.82) is 0 Å². The van der Waals surface area contributed by atoms with Gasteiger partial charge < -0.3 is 5.73 Å². The third kappa shape index (κ3) is 4.60. The molecule has 1 saturated carbocycles. The van der Waals surface area contributed by atoms with E-state index in [0.717, 1.165) is 31.4 Å². The van der Waals surface area contributed by atoms with Gasteiger partial charge in [-0.2, -0.15) is 0 Å². The van der Waals surface area contributed by atoms with Gasteiger partial charge in [-0.1, -0.05) is 12.8 Å². The van der Waals surface area contributed by atoms with Gasteiger partial charge in [0.2, 0.25) is 10.0 Å². The predicted octanol–water partition coefficient (Wildman–Crippen LogP) is 2.18. The Bertz CT molecular complexity index is 563. The third-order valence-corrected chi connectivity index (χ3v) is 5.13. The summed E-state index contributed by atoms with van der Waals surface area (Å²) in [7, 11) is -3.93. The summed E-state index contributed by atoms with van der Waals surface area (Å²) < 4.78 is 53.1. The Labute approximate surface area is 129 Å². The number of benzene rings is 1. The summed E-state index contributed by atoms with van der Waals surface area (Å²) in [6, 6.07) is 1.99. The molecule has 2 unspecified atom stereocenters. The standard InChI is InChI=1S/C13H18F2N2O2S.ClH/c14-10-5-11(15)7-12(6-10)20(18,19)17-13-4-2-1-3-9(13)8-16;/h5-7,9,13,17H,1-4,8,16H2;1H. The number of nitrogens with two attached hydrogens (primary N) is 1. The summed E-state index contributed by atoms with van der Waals surface area (Å²) in [4.78, 5) is -0.392. The molecule has 3 N–H and O–H groups in total. The number of halogens is 3. The van der Waals surface area contributed by atoms with Crippen LogP contribution in [0.4, 0.5) is 8.78 Å². The highest BCUT2D eigenvalue weighted by Crippen LogP contribution is 2.25. The Balaban J connectivity index is 0.00000220. The van der Waals surface area contributed by atoms with Crippen LogP contribution in [0, 0.1) is 17.6 Å². The fourth-order valence-electron chi connectivity index (χ4n) is 2.60. The molecule has 0 bridgehead atoms. The molecular weight excluding hydrogens is 322 g/mol. The van der Waals surface area contributed by atoms with Crippen LogP contribution in [0.2, 0.25) is 0 Å². The summed E-state index contributed by atoms with van der Waals surface area (Å²) in [5.74, 6) is -1.76. The normalized spacial score (nSPS) is 22.6. The molecule has 0 aromatic heterocycles. The molecular formula is C13H19ClF2N2O2S. The molecule has 2 rings (SSSR count). The highest BCUT2D eigenvalue weighted by Gasteiger charge is 2.29. The first-order valence-electron chi connectivity index (χ1n) is 6.61. The van der Waals surface area contributed by atoms with E-state index in [-0.39, 0.29) is 24.4 Å². The first-order valence-corrected chi connectivity index (χ1v) is 8.09. The molecule has 0 amide bonds. The summed E-state index contributed by atoms with van der Waals surface area (Å²) in [5.41, 5.74) is 5.64. The third-order valence-electron chi connectivity index (χ3n) is 3.66. The lowest BCUT2D eigenvalue weighted by atomic mass is 9.85. The molecule has 1 aliphatic carbocycles. The van der Waals surface area contributed by atoms with Gasteiger partial charge in [0.05, 0.1) is 4.90 Å². The topological polar surface area (TPSA) is 72.2 Å². The van der Waals surface area contributed by atoms with Gasteiger partial charge in [0.25, 0.3) is 0 Å². The summed E-state index contributed by atoms with van der Waals surface area (Å²) >= 11 is 0. The van der Waals surface area contributed by atoms with E-state index in [0.29, 0.717) is 19.0 Å². The molecule has 1 fully saturated rings. The van der Waals surface area contributed by atoms with Crippen molar-refractivity contribution in [2.24, 2.45) is 11.7 Å². The Morgan fingerprint density at radius 3 is 2.29 bits per heavy atom. The van der Waals surface area contributed by atoms with E-state index in [4.69, 9.17) is 5.73 Å². The van der Waals surface area contributed by atoms with Crippen LogP contribution in [-0.2, 0) is 10.0 Å². The van der Waals surface area contributed by atoms with Crippen molar-refractivity contribution in [1.82, 2.24) is 4.72 Å². The first kappa shape index (κ1) is 18.3. The van der Waals surface area contributed by atoms with E-state index < -0.39 is 26.6 Å². The molecule has 0 aliphatic heterocycles. The molecule has 1 aromatic carbocycles. The summed E-state index contributed by atoms with van der Waals surface area (Å²) in [6.45, 7) is 0.394. The van der Waals surface area contributed by atoms with Gasteiger partial charge in [-0.05, 0) is 37.4 Å². The largest absolute Gasteiger partial charge is 0.330 e. The molecule has 0 heterocycles. The highest BCUT2D eigenvalue weighted by atomic mass is 35.5. The molecule has 0 spiro atoms. The van der Waals surface area contributed by atoms with Gasteiger partial charge >= 0.3 is 0 Å². The van der Waals surface area contributed by atoms with Crippen LogP contribution in [0.1, 0.15) is 25.7 Å². The SMILES string of the molecule is Cl.NCC1CCCCC1NS(=O)(=O)c1cc(F)cc(F)c1. The van der Waals surface area contributed by atoms with Gasteiger partial charge in [0.1, 0.15) is 11.6 Å². The van der Waals surface area contributed by atoms with Crippen LogP contribution in [-0.4, -0.2) is 21.0 Å². The van der Waals surface area contributed by atoms with Gasteiger partial charge in [0, 0.05) is 12.1 Å². The van der Waals surface area contributed by atoms with Crippen molar-refractivity contribution in [3.8, 4) is 0 Å². The Morgan fingerprint density at radius 1 is 1.14 bits per heavy atom. The monoisotopic (exact) mass is 340 g/mol. The Hall–Kier alpha value is -0.760. The minimum Gasteiger partial charge on any atom is -0.330 e. The number of rotatable bonds is 4. The van der Waals surface area contributed by atoms with Crippen LogP contribution >= 0.6 is 12.4 Å². The van der Waals surface area contributed by atoms with Gasteiger partial charge in [-0.3, -0.25) is 0 Å². The lowest BCUT2D eigenvalue weighted by Crippen LogP contribution is -2.44. The maximum Gasteiger partial charge on any atom is 0.241 e. The molecule has 2 atom stereocenters. The maximum absolute atomic E-state index is 13.1. The molecule has 1 aromatic rings. The van der Waals surface area contributed by atoms with Crippen molar-refractivity contribution in [2.75, 3.05) is 6.54 Å². The minimum absolute atomic E-state index is 0. The molecule has 4 nitrogen and oxygen atoms in total. The number of sulfonamides is 1. The fraction of sp³-hybridized carbons (Fsp3) is 0.538. The lowest BCUT2D eigenvalue weighted by molar-refractivity contribution is 0.296. The zero-order chi connectivity index (χ0) is 14.8. The first-order chi connectivity index (χ1) is 9.42. The van der Waals surface area contributed by atoms with E-state index in [1.807, 2.05) is 0 Å². The average molecular weight is 341 g/mol. The van der Waals surface area contributed by atoms with Crippen LogP contribution in [0.5, 0.6) is 0 Å². The van der Waals surface area contributed by atoms with Crippen LogP contribution in [0.25, 0.3) is 0 Å². The number of hydrogen-bond acceptors (Lipinski definition) is 3. The molecule has 8 heteroatoms. The van der Waals surface area contributed by atoms with E-state index in [9.17, 15) is 17.2 Å². The Morgan fingerprint density at radius 2 is 1.71 bits per heavy atom. The second-order valence-corrected chi connectivity index (χ2v) is 6.83. The quantitative estimate of drug-likeness (QED) is 0.882. The molecule has 0 radical (unpaired) electrons.